The van der Waals surface area contributed by atoms with Crippen molar-refractivity contribution < 1.29 is 9.47 Å². The molecule has 1 heterocycles. The summed E-state index contributed by atoms with van der Waals surface area (Å²) in [6.45, 7) is 19.7. The smallest absolute Gasteiger partial charge is 0.192 e. The van der Waals surface area contributed by atoms with E-state index in [1.165, 1.54) is 35.1 Å². The molecule has 0 saturated carbocycles. The van der Waals surface area contributed by atoms with Gasteiger partial charge >= 0.3 is 0 Å². The fourth-order valence-electron chi connectivity index (χ4n) is 4.28. The van der Waals surface area contributed by atoms with Gasteiger partial charge in [-0.05, 0) is 59.8 Å². The van der Waals surface area contributed by atoms with Gasteiger partial charge in [0.05, 0.1) is 13.2 Å². The van der Waals surface area contributed by atoms with Crippen LogP contribution in [-0.4, -0.2) is 13.2 Å². The zero-order chi connectivity index (χ0) is 18.7. The average Bonchev–Trinajstić information content (AvgIpc) is 2.54. The van der Waals surface area contributed by atoms with Crippen LogP contribution in [0.4, 0.5) is 0 Å². The van der Waals surface area contributed by atoms with Gasteiger partial charge in [-0.1, -0.05) is 54.5 Å². The standard InChI is InChI=1S/C23H36O2/c1-9-16-12-18-19(22(6,7)11-10-21(18,4)5)13-17(16)23(8)24-14-20(2,3)15-25-23/h12-13H,9-11,14-15H2,1-8H3. The van der Waals surface area contributed by atoms with Crippen molar-refractivity contribution in [3.63, 3.8) is 0 Å². The van der Waals surface area contributed by atoms with Gasteiger partial charge < -0.3 is 9.47 Å². The third-order valence-electron chi connectivity index (χ3n) is 6.42. The van der Waals surface area contributed by atoms with Crippen LogP contribution in [0.3, 0.4) is 0 Å². The Morgan fingerprint density at radius 1 is 0.760 bits per heavy atom. The van der Waals surface area contributed by atoms with E-state index < -0.39 is 5.79 Å². The molecule has 1 fully saturated rings. The number of ether oxygens (including phenoxy) is 2. The first-order valence-electron chi connectivity index (χ1n) is 9.87. The van der Waals surface area contributed by atoms with Gasteiger partial charge in [-0.3, -0.25) is 0 Å². The SMILES string of the molecule is CCc1cc2c(cc1C1(C)OCC(C)(C)CO1)C(C)(C)CCC2(C)C. The first kappa shape index (κ1) is 18.9. The molecule has 0 N–H and O–H groups in total. The molecule has 0 atom stereocenters. The molecule has 25 heavy (non-hydrogen) atoms. The van der Waals surface area contributed by atoms with Crippen molar-refractivity contribution in [3.05, 3.63) is 34.4 Å². The lowest BCUT2D eigenvalue weighted by Crippen LogP contribution is -2.44. The minimum atomic E-state index is -0.631. The molecule has 0 amide bonds. The lowest BCUT2D eigenvalue weighted by atomic mass is 9.62. The lowest BCUT2D eigenvalue weighted by Gasteiger charge is -2.45. The number of rotatable bonds is 2. The van der Waals surface area contributed by atoms with Crippen LogP contribution < -0.4 is 0 Å². The highest BCUT2D eigenvalue weighted by atomic mass is 16.7. The molecular weight excluding hydrogens is 308 g/mol. The van der Waals surface area contributed by atoms with Crippen molar-refractivity contribution in [3.8, 4) is 0 Å². The Balaban J connectivity index is 2.13. The van der Waals surface area contributed by atoms with Gasteiger partial charge in [0, 0.05) is 11.0 Å². The maximum Gasteiger partial charge on any atom is 0.192 e. The van der Waals surface area contributed by atoms with Gasteiger partial charge in [-0.25, -0.2) is 0 Å². The zero-order valence-electron chi connectivity index (χ0n) is 17.5. The Kier molecular flexibility index (Phi) is 4.41. The molecule has 2 heteroatoms. The molecule has 3 rings (SSSR count). The molecule has 0 aromatic heterocycles. The van der Waals surface area contributed by atoms with Gasteiger partial charge in [-0.2, -0.15) is 0 Å². The van der Waals surface area contributed by atoms with Crippen molar-refractivity contribution in [2.45, 2.75) is 91.3 Å². The van der Waals surface area contributed by atoms with Gasteiger partial charge in [0.15, 0.2) is 5.79 Å². The van der Waals surface area contributed by atoms with E-state index in [2.05, 4.69) is 67.5 Å². The molecule has 0 unspecified atom stereocenters. The third-order valence-corrected chi connectivity index (χ3v) is 6.42. The van der Waals surface area contributed by atoms with E-state index in [9.17, 15) is 0 Å². The highest BCUT2D eigenvalue weighted by Crippen LogP contribution is 2.48. The summed E-state index contributed by atoms with van der Waals surface area (Å²) in [5.74, 6) is -0.631. The summed E-state index contributed by atoms with van der Waals surface area (Å²) in [5, 5.41) is 0. The van der Waals surface area contributed by atoms with E-state index in [0.717, 1.165) is 19.6 Å². The first-order valence-corrected chi connectivity index (χ1v) is 9.87. The molecule has 1 aliphatic carbocycles. The molecular formula is C23H36O2. The summed E-state index contributed by atoms with van der Waals surface area (Å²) in [4.78, 5) is 0. The Bertz CT molecular complexity index is 657. The molecule has 1 aromatic carbocycles. The Labute approximate surface area is 154 Å². The summed E-state index contributed by atoms with van der Waals surface area (Å²) in [5.41, 5.74) is 6.13. The van der Waals surface area contributed by atoms with Crippen molar-refractivity contribution in [1.29, 1.82) is 0 Å². The van der Waals surface area contributed by atoms with Gasteiger partial charge in [0.1, 0.15) is 0 Å². The summed E-state index contributed by atoms with van der Waals surface area (Å²) >= 11 is 0. The number of fused-ring (bicyclic) bond motifs is 1. The van der Waals surface area contributed by atoms with Crippen molar-refractivity contribution in [2.75, 3.05) is 13.2 Å². The van der Waals surface area contributed by atoms with E-state index in [0.29, 0.717) is 0 Å². The molecule has 0 spiro atoms. The molecule has 0 radical (unpaired) electrons. The normalized spacial score (nSPS) is 26.1. The molecule has 0 bridgehead atoms. The highest BCUT2D eigenvalue weighted by molar-refractivity contribution is 5.48. The fourth-order valence-corrected chi connectivity index (χ4v) is 4.28. The Morgan fingerprint density at radius 2 is 1.24 bits per heavy atom. The predicted octanol–water partition coefficient (Wildman–Crippen LogP) is 5.84. The minimum Gasteiger partial charge on any atom is -0.345 e. The van der Waals surface area contributed by atoms with Gasteiger partial charge in [0.2, 0.25) is 0 Å². The minimum absolute atomic E-state index is 0.0847. The predicted molar refractivity (Wildman–Crippen MR) is 104 cm³/mol. The molecule has 1 aliphatic heterocycles. The van der Waals surface area contributed by atoms with Crippen LogP contribution in [-0.2, 0) is 32.5 Å². The third kappa shape index (κ3) is 3.28. The highest BCUT2D eigenvalue weighted by Gasteiger charge is 2.43. The maximum absolute atomic E-state index is 6.30. The van der Waals surface area contributed by atoms with Crippen molar-refractivity contribution >= 4 is 0 Å². The van der Waals surface area contributed by atoms with E-state index in [-0.39, 0.29) is 16.2 Å². The fraction of sp³-hybridized carbons (Fsp3) is 0.739. The number of aryl methyl sites for hydroxylation is 1. The second kappa shape index (κ2) is 5.82. The zero-order valence-corrected chi connectivity index (χ0v) is 17.5. The van der Waals surface area contributed by atoms with Crippen LogP contribution >= 0.6 is 0 Å². The number of benzene rings is 1. The number of hydrogen-bond donors (Lipinski definition) is 0. The monoisotopic (exact) mass is 344 g/mol. The molecule has 1 saturated heterocycles. The second-order valence-corrected chi connectivity index (χ2v) is 10.4. The summed E-state index contributed by atoms with van der Waals surface area (Å²) in [6.07, 6.45) is 3.47. The lowest BCUT2D eigenvalue weighted by molar-refractivity contribution is -0.298. The van der Waals surface area contributed by atoms with E-state index in [4.69, 9.17) is 9.47 Å². The van der Waals surface area contributed by atoms with E-state index in [1.807, 2.05) is 0 Å². The Morgan fingerprint density at radius 3 is 1.72 bits per heavy atom. The molecule has 140 valence electrons. The summed E-state index contributed by atoms with van der Waals surface area (Å²) < 4.78 is 12.6. The average molecular weight is 345 g/mol. The quantitative estimate of drug-likeness (QED) is 0.670. The van der Waals surface area contributed by atoms with Crippen molar-refractivity contribution in [1.82, 2.24) is 0 Å². The van der Waals surface area contributed by atoms with Crippen molar-refractivity contribution in [2.24, 2.45) is 5.41 Å². The Hall–Kier alpha value is -0.860. The molecule has 2 nitrogen and oxygen atoms in total. The summed E-state index contributed by atoms with van der Waals surface area (Å²) in [6, 6.07) is 4.86. The maximum atomic E-state index is 6.30. The van der Waals surface area contributed by atoms with E-state index in [1.54, 1.807) is 0 Å². The van der Waals surface area contributed by atoms with Crippen LogP contribution in [0.5, 0.6) is 0 Å². The molecule has 2 aliphatic rings. The van der Waals surface area contributed by atoms with Gasteiger partial charge in [0.25, 0.3) is 0 Å². The summed E-state index contributed by atoms with van der Waals surface area (Å²) in [7, 11) is 0. The topological polar surface area (TPSA) is 18.5 Å². The van der Waals surface area contributed by atoms with Crippen LogP contribution in [0.15, 0.2) is 12.1 Å². The second-order valence-electron chi connectivity index (χ2n) is 10.4. The number of hydrogen-bond acceptors (Lipinski definition) is 2. The molecule has 1 aromatic rings. The van der Waals surface area contributed by atoms with Gasteiger partial charge in [-0.15, -0.1) is 0 Å². The van der Waals surface area contributed by atoms with Crippen LogP contribution in [0.25, 0.3) is 0 Å². The largest absolute Gasteiger partial charge is 0.345 e. The van der Waals surface area contributed by atoms with Crippen LogP contribution in [0.2, 0.25) is 0 Å². The van der Waals surface area contributed by atoms with Crippen LogP contribution in [0.1, 0.15) is 90.5 Å². The van der Waals surface area contributed by atoms with E-state index >= 15 is 0 Å². The first-order chi connectivity index (χ1) is 11.4. The van der Waals surface area contributed by atoms with Crippen LogP contribution in [0, 0.1) is 5.41 Å².